The van der Waals surface area contributed by atoms with Crippen molar-refractivity contribution in [2.24, 2.45) is 0 Å². The molecule has 25 heavy (non-hydrogen) atoms. The maximum Gasteiger partial charge on any atom is 0.258 e. The molecule has 0 saturated carbocycles. The van der Waals surface area contributed by atoms with E-state index in [1.54, 1.807) is 12.0 Å². The number of halogens is 2. The number of rotatable bonds is 3. The van der Waals surface area contributed by atoms with Crippen molar-refractivity contribution >= 4 is 17.5 Å². The highest BCUT2D eigenvalue weighted by atomic mass is 35.5. The van der Waals surface area contributed by atoms with Crippen molar-refractivity contribution in [3.05, 3.63) is 64.4 Å². The van der Waals surface area contributed by atoms with Gasteiger partial charge in [0.1, 0.15) is 11.6 Å². The van der Waals surface area contributed by atoms with Crippen LogP contribution in [0.1, 0.15) is 22.0 Å². The van der Waals surface area contributed by atoms with Crippen LogP contribution in [0.4, 0.5) is 4.39 Å². The van der Waals surface area contributed by atoms with E-state index in [4.69, 9.17) is 16.3 Å². The molecule has 1 atom stereocenters. The molecule has 1 aliphatic heterocycles. The molecule has 1 saturated heterocycles. The summed E-state index contributed by atoms with van der Waals surface area (Å²) in [4.78, 5) is 16.7. The second-order valence-corrected chi connectivity index (χ2v) is 6.49. The first-order chi connectivity index (χ1) is 12.0. The number of para-hydroxylation sites is 1. The molecule has 3 rings (SSSR count). The molecule has 0 aliphatic carbocycles. The number of piperazine rings is 1. The van der Waals surface area contributed by atoms with Gasteiger partial charge in [0.05, 0.1) is 23.7 Å². The van der Waals surface area contributed by atoms with Gasteiger partial charge in [-0.15, -0.1) is 0 Å². The van der Waals surface area contributed by atoms with Gasteiger partial charge < -0.3 is 9.64 Å². The Labute approximate surface area is 151 Å². The summed E-state index contributed by atoms with van der Waals surface area (Å²) < 4.78 is 19.6. The molecule has 0 bridgehead atoms. The Hall–Kier alpha value is -2.11. The monoisotopic (exact) mass is 362 g/mol. The van der Waals surface area contributed by atoms with Crippen LogP contribution in [0, 0.1) is 5.82 Å². The zero-order valence-corrected chi connectivity index (χ0v) is 15.0. The Morgan fingerprint density at radius 2 is 1.96 bits per heavy atom. The number of carbonyl (C=O) groups is 1. The lowest BCUT2D eigenvalue weighted by molar-refractivity contribution is 0.0538. The second-order valence-electron chi connectivity index (χ2n) is 6.09. The highest BCUT2D eigenvalue weighted by molar-refractivity contribution is 6.33. The summed E-state index contributed by atoms with van der Waals surface area (Å²) in [5.74, 6) is -0.195. The molecule has 1 aliphatic rings. The van der Waals surface area contributed by atoms with Crippen LogP contribution in [0.15, 0.2) is 42.5 Å². The van der Waals surface area contributed by atoms with Gasteiger partial charge in [0.15, 0.2) is 0 Å². The van der Waals surface area contributed by atoms with Crippen LogP contribution < -0.4 is 4.74 Å². The highest BCUT2D eigenvalue weighted by Gasteiger charge is 2.32. The predicted octanol–water partition coefficient (Wildman–Crippen LogP) is 3.62. The van der Waals surface area contributed by atoms with E-state index in [0.29, 0.717) is 19.6 Å². The molecule has 2 aromatic rings. The molecule has 1 amide bonds. The Balaban J connectivity index is 1.89. The average molecular weight is 363 g/mol. The van der Waals surface area contributed by atoms with Gasteiger partial charge in [-0.1, -0.05) is 35.9 Å². The first-order valence-electron chi connectivity index (χ1n) is 8.09. The lowest BCUT2D eigenvalue weighted by atomic mass is 10.0. The fourth-order valence-corrected chi connectivity index (χ4v) is 3.44. The molecule has 1 fully saturated rings. The van der Waals surface area contributed by atoms with E-state index < -0.39 is 5.82 Å². The number of likely N-dealkylation sites (N-methyl/N-ethyl adjacent to an activating group) is 1. The average Bonchev–Trinajstić information content (AvgIpc) is 2.62. The van der Waals surface area contributed by atoms with Crippen molar-refractivity contribution in [2.45, 2.75) is 6.04 Å². The van der Waals surface area contributed by atoms with Crippen molar-refractivity contribution in [1.29, 1.82) is 0 Å². The molecule has 2 aromatic carbocycles. The topological polar surface area (TPSA) is 32.8 Å². The third-order valence-electron chi connectivity index (χ3n) is 4.61. The zero-order valence-electron chi connectivity index (χ0n) is 14.2. The number of hydrogen-bond donors (Lipinski definition) is 0. The summed E-state index contributed by atoms with van der Waals surface area (Å²) >= 11 is 6.06. The molecule has 132 valence electrons. The first-order valence-corrected chi connectivity index (χ1v) is 8.47. The van der Waals surface area contributed by atoms with E-state index in [-0.39, 0.29) is 22.5 Å². The van der Waals surface area contributed by atoms with Crippen LogP contribution in [0.2, 0.25) is 5.02 Å². The fraction of sp³-hybridized carbons (Fsp3) is 0.316. The zero-order chi connectivity index (χ0) is 18.0. The van der Waals surface area contributed by atoms with Crippen LogP contribution in [-0.2, 0) is 0 Å². The van der Waals surface area contributed by atoms with Gasteiger partial charge in [0, 0.05) is 25.2 Å². The van der Waals surface area contributed by atoms with Crippen LogP contribution in [0.5, 0.6) is 5.75 Å². The number of methoxy groups -OCH3 is 1. The second kappa shape index (κ2) is 7.42. The normalized spacial score (nSPS) is 18.2. The van der Waals surface area contributed by atoms with Crippen molar-refractivity contribution in [3.63, 3.8) is 0 Å². The first kappa shape index (κ1) is 17.7. The molecule has 0 aromatic heterocycles. The van der Waals surface area contributed by atoms with Gasteiger partial charge in [-0.25, -0.2) is 4.39 Å². The van der Waals surface area contributed by atoms with Crippen LogP contribution in [0.25, 0.3) is 0 Å². The van der Waals surface area contributed by atoms with E-state index in [2.05, 4.69) is 4.90 Å². The predicted molar refractivity (Wildman–Crippen MR) is 95.7 cm³/mol. The van der Waals surface area contributed by atoms with Crippen molar-refractivity contribution in [1.82, 2.24) is 9.80 Å². The molecular formula is C19H20ClFN2O2. The summed E-state index contributed by atoms with van der Waals surface area (Å²) in [6.07, 6.45) is 0. The minimum Gasteiger partial charge on any atom is -0.496 e. The van der Waals surface area contributed by atoms with Gasteiger partial charge >= 0.3 is 0 Å². The molecule has 0 radical (unpaired) electrons. The van der Waals surface area contributed by atoms with Crippen LogP contribution in [-0.4, -0.2) is 49.5 Å². The third-order valence-corrected chi connectivity index (χ3v) is 4.92. The number of nitrogens with zero attached hydrogens (tertiary/aromatic N) is 2. The van der Waals surface area contributed by atoms with E-state index in [0.717, 1.165) is 11.3 Å². The standard InChI is InChI=1S/C19H20ClFN2O2/c1-22-10-11-23(19(24)18-14(20)7-5-8-15(18)21)12-16(22)13-6-3-4-9-17(13)25-2/h3-9,16H,10-12H2,1-2H3. The molecule has 4 nitrogen and oxygen atoms in total. The largest absolute Gasteiger partial charge is 0.496 e. The smallest absolute Gasteiger partial charge is 0.258 e. The van der Waals surface area contributed by atoms with Crippen molar-refractivity contribution in [2.75, 3.05) is 33.8 Å². The molecule has 6 heteroatoms. The molecule has 1 unspecified atom stereocenters. The number of amides is 1. The van der Waals surface area contributed by atoms with Gasteiger partial charge in [-0.3, -0.25) is 9.69 Å². The summed E-state index contributed by atoms with van der Waals surface area (Å²) in [6.45, 7) is 1.65. The van der Waals surface area contributed by atoms with Crippen LogP contribution >= 0.6 is 11.6 Å². The van der Waals surface area contributed by atoms with Crippen LogP contribution in [0.3, 0.4) is 0 Å². The van der Waals surface area contributed by atoms with Crippen molar-refractivity contribution in [3.8, 4) is 5.75 Å². The van der Waals surface area contributed by atoms with E-state index >= 15 is 0 Å². The van der Waals surface area contributed by atoms with Gasteiger partial charge in [0.25, 0.3) is 5.91 Å². The molecule has 1 heterocycles. The van der Waals surface area contributed by atoms with E-state index in [1.807, 2.05) is 31.3 Å². The number of carbonyl (C=O) groups excluding carboxylic acids is 1. The Bertz CT molecular complexity index is 764. The van der Waals surface area contributed by atoms with Gasteiger partial charge in [-0.05, 0) is 25.2 Å². The summed E-state index contributed by atoms with van der Waals surface area (Å²) in [7, 11) is 3.64. The lowest BCUT2D eigenvalue weighted by Crippen LogP contribution is -2.49. The minimum atomic E-state index is -0.592. The lowest BCUT2D eigenvalue weighted by Gasteiger charge is -2.40. The number of hydrogen-bond acceptors (Lipinski definition) is 3. The molecule has 0 N–H and O–H groups in total. The Kier molecular flexibility index (Phi) is 5.25. The SMILES string of the molecule is COc1ccccc1C1CN(C(=O)c2c(F)cccc2Cl)CCN1C. The summed E-state index contributed by atoms with van der Waals surface area (Å²) in [5.41, 5.74) is 0.942. The molecule has 0 spiro atoms. The van der Waals surface area contributed by atoms with E-state index in [9.17, 15) is 9.18 Å². The quantitative estimate of drug-likeness (QED) is 0.836. The summed E-state index contributed by atoms with van der Waals surface area (Å²) in [5, 5.41) is 0.137. The third kappa shape index (κ3) is 3.48. The minimum absolute atomic E-state index is 0.0283. The van der Waals surface area contributed by atoms with Crippen molar-refractivity contribution < 1.29 is 13.9 Å². The maximum atomic E-state index is 14.1. The summed E-state index contributed by atoms with van der Waals surface area (Å²) in [6, 6.07) is 12.0. The highest BCUT2D eigenvalue weighted by Crippen LogP contribution is 2.32. The molecular weight excluding hydrogens is 343 g/mol. The maximum absolute atomic E-state index is 14.1. The number of ether oxygens (including phenoxy) is 1. The fourth-order valence-electron chi connectivity index (χ4n) is 3.20. The number of benzene rings is 2. The van der Waals surface area contributed by atoms with E-state index in [1.165, 1.54) is 18.2 Å². The Morgan fingerprint density at radius 1 is 1.20 bits per heavy atom. The van der Waals surface area contributed by atoms with Gasteiger partial charge in [-0.2, -0.15) is 0 Å². The Morgan fingerprint density at radius 3 is 2.68 bits per heavy atom. The van der Waals surface area contributed by atoms with Gasteiger partial charge in [0.2, 0.25) is 0 Å².